The molecule has 1 heterocycles. The first-order valence-electron chi connectivity index (χ1n) is 5.12. The summed E-state index contributed by atoms with van der Waals surface area (Å²) in [6, 6.07) is 4.42. The molecule has 0 saturated heterocycles. The van der Waals surface area contributed by atoms with Gasteiger partial charge in [0, 0.05) is 11.8 Å². The second-order valence-electron chi connectivity index (χ2n) is 3.60. The van der Waals surface area contributed by atoms with Gasteiger partial charge in [0.05, 0.1) is 0 Å². The number of rotatable bonds is 3. The topological polar surface area (TPSA) is 83.6 Å². The number of halogens is 2. The molecule has 2 rings (SSSR count). The molecular formula is C11H7F2N5O. The highest BCUT2D eigenvalue weighted by molar-refractivity contribution is 5.90. The molecule has 1 aromatic heterocycles. The van der Waals surface area contributed by atoms with Crippen LogP contribution in [0.2, 0.25) is 0 Å². The summed E-state index contributed by atoms with van der Waals surface area (Å²) in [5.41, 5.74) is -0.00548. The fourth-order valence-corrected chi connectivity index (χ4v) is 1.44. The van der Waals surface area contributed by atoms with Crippen molar-refractivity contribution in [3.05, 3.63) is 42.0 Å². The molecule has 0 unspecified atom stereocenters. The third-order valence-electron chi connectivity index (χ3n) is 2.18. The van der Waals surface area contributed by atoms with Gasteiger partial charge in [0.25, 0.3) is 0 Å². The van der Waals surface area contributed by atoms with Crippen molar-refractivity contribution in [2.75, 3.05) is 5.32 Å². The minimum atomic E-state index is -0.794. The zero-order chi connectivity index (χ0) is 13.8. The number of nitrogens with zero attached hydrogens (tertiary/aromatic N) is 4. The van der Waals surface area contributed by atoms with Crippen LogP contribution in [-0.2, 0) is 11.3 Å². The number of hydrogen-bond acceptors (Lipinski definition) is 4. The van der Waals surface area contributed by atoms with Crippen LogP contribution in [0.25, 0.3) is 0 Å². The molecule has 0 aliphatic rings. The normalized spacial score (nSPS) is 9.95. The van der Waals surface area contributed by atoms with E-state index in [-0.39, 0.29) is 18.1 Å². The highest BCUT2D eigenvalue weighted by Gasteiger charge is 2.09. The van der Waals surface area contributed by atoms with Crippen molar-refractivity contribution < 1.29 is 13.6 Å². The molecule has 8 heteroatoms. The summed E-state index contributed by atoms with van der Waals surface area (Å²) in [6.07, 6.45) is 1.21. The number of amides is 1. The van der Waals surface area contributed by atoms with Crippen LogP contribution in [0.4, 0.5) is 14.5 Å². The van der Waals surface area contributed by atoms with E-state index in [0.29, 0.717) is 6.07 Å². The molecule has 6 nitrogen and oxygen atoms in total. The first kappa shape index (κ1) is 12.6. The summed E-state index contributed by atoms with van der Waals surface area (Å²) in [6.45, 7) is -0.228. The molecule has 1 amide bonds. The Bertz CT molecular complexity index is 641. The largest absolute Gasteiger partial charge is 0.324 e. The molecule has 2 aromatic rings. The number of carbonyl (C=O) groups is 1. The lowest BCUT2D eigenvalue weighted by Crippen LogP contribution is -2.19. The zero-order valence-corrected chi connectivity index (χ0v) is 9.47. The summed E-state index contributed by atoms with van der Waals surface area (Å²) in [7, 11) is 0. The van der Waals surface area contributed by atoms with E-state index in [1.807, 2.05) is 0 Å². The zero-order valence-electron chi connectivity index (χ0n) is 9.47. The van der Waals surface area contributed by atoms with E-state index < -0.39 is 17.5 Å². The molecule has 0 radical (unpaired) electrons. The molecule has 0 spiro atoms. The van der Waals surface area contributed by atoms with Gasteiger partial charge in [0.2, 0.25) is 11.7 Å². The van der Waals surface area contributed by atoms with E-state index in [0.717, 1.165) is 12.1 Å². The molecular weight excluding hydrogens is 256 g/mol. The Balaban J connectivity index is 2.08. The summed E-state index contributed by atoms with van der Waals surface area (Å²) in [4.78, 5) is 11.6. The second-order valence-corrected chi connectivity index (χ2v) is 3.60. The quantitative estimate of drug-likeness (QED) is 0.897. The lowest BCUT2D eigenvalue weighted by Gasteiger charge is -2.06. The van der Waals surface area contributed by atoms with E-state index in [2.05, 4.69) is 15.5 Å². The molecule has 0 bridgehead atoms. The average Bonchev–Trinajstić information content (AvgIpc) is 2.74. The molecule has 1 N–H and O–H groups in total. The molecule has 1 aromatic carbocycles. The second kappa shape index (κ2) is 5.22. The Morgan fingerprint density at radius 3 is 2.68 bits per heavy atom. The van der Waals surface area contributed by atoms with Gasteiger partial charge in [-0.15, -0.1) is 10.2 Å². The summed E-state index contributed by atoms with van der Waals surface area (Å²) in [5, 5.41) is 17.9. The minimum Gasteiger partial charge on any atom is -0.324 e. The number of nitrogens with one attached hydrogen (secondary N) is 1. The number of benzene rings is 1. The maximum atomic E-state index is 12.9. The van der Waals surface area contributed by atoms with Gasteiger partial charge in [-0.25, -0.2) is 8.78 Å². The van der Waals surface area contributed by atoms with Crippen LogP contribution in [-0.4, -0.2) is 20.7 Å². The predicted molar refractivity (Wildman–Crippen MR) is 59.7 cm³/mol. The van der Waals surface area contributed by atoms with Crippen LogP contribution in [0.5, 0.6) is 0 Å². The molecule has 0 aliphatic carbocycles. The standard InChI is InChI=1S/C11H7F2N5O/c12-7-1-8(13)3-9(2-7)16-11(19)5-18-6-15-17-10(18)4-14/h1-3,6H,5H2,(H,16,19). The van der Waals surface area contributed by atoms with Crippen molar-refractivity contribution in [3.63, 3.8) is 0 Å². The highest BCUT2D eigenvalue weighted by atomic mass is 19.1. The molecule has 0 aliphatic heterocycles. The smallest absolute Gasteiger partial charge is 0.244 e. The third-order valence-corrected chi connectivity index (χ3v) is 2.18. The van der Waals surface area contributed by atoms with Crippen molar-refractivity contribution in [2.24, 2.45) is 0 Å². The molecule has 0 saturated carbocycles. The first-order valence-corrected chi connectivity index (χ1v) is 5.12. The highest BCUT2D eigenvalue weighted by Crippen LogP contribution is 2.12. The van der Waals surface area contributed by atoms with Crippen LogP contribution in [0.3, 0.4) is 0 Å². The van der Waals surface area contributed by atoms with Gasteiger partial charge in [0.1, 0.15) is 30.6 Å². The maximum Gasteiger partial charge on any atom is 0.244 e. The lowest BCUT2D eigenvalue weighted by atomic mass is 10.3. The Morgan fingerprint density at radius 1 is 1.37 bits per heavy atom. The van der Waals surface area contributed by atoms with Crippen molar-refractivity contribution >= 4 is 11.6 Å². The predicted octanol–water partition coefficient (Wildman–Crippen LogP) is 1.07. The Hall–Kier alpha value is -2.82. The SMILES string of the molecule is N#Cc1nncn1CC(=O)Nc1cc(F)cc(F)c1. The van der Waals surface area contributed by atoms with Gasteiger partial charge in [-0.3, -0.25) is 9.36 Å². The number of anilines is 1. The van der Waals surface area contributed by atoms with Gasteiger partial charge < -0.3 is 5.32 Å². The third kappa shape index (κ3) is 3.10. The Kier molecular flexibility index (Phi) is 3.47. The van der Waals surface area contributed by atoms with E-state index in [4.69, 9.17) is 5.26 Å². The van der Waals surface area contributed by atoms with Crippen LogP contribution in [0, 0.1) is 23.0 Å². The van der Waals surface area contributed by atoms with E-state index >= 15 is 0 Å². The van der Waals surface area contributed by atoms with Crippen LogP contribution in [0.1, 0.15) is 5.82 Å². The number of hydrogen-bond donors (Lipinski definition) is 1. The van der Waals surface area contributed by atoms with Crippen molar-refractivity contribution in [1.29, 1.82) is 5.26 Å². The van der Waals surface area contributed by atoms with E-state index in [1.54, 1.807) is 6.07 Å². The van der Waals surface area contributed by atoms with Gasteiger partial charge >= 0.3 is 0 Å². The number of nitriles is 1. The van der Waals surface area contributed by atoms with E-state index in [9.17, 15) is 13.6 Å². The van der Waals surface area contributed by atoms with Crippen molar-refractivity contribution in [1.82, 2.24) is 14.8 Å². The van der Waals surface area contributed by atoms with Gasteiger partial charge in [-0.05, 0) is 12.1 Å². The Morgan fingerprint density at radius 2 is 2.05 bits per heavy atom. The molecule has 0 fully saturated rings. The number of aromatic nitrogens is 3. The summed E-state index contributed by atoms with van der Waals surface area (Å²) < 4.78 is 27.0. The van der Waals surface area contributed by atoms with Crippen LogP contribution < -0.4 is 5.32 Å². The van der Waals surface area contributed by atoms with Crippen molar-refractivity contribution in [3.8, 4) is 6.07 Å². The van der Waals surface area contributed by atoms with Crippen LogP contribution in [0.15, 0.2) is 24.5 Å². The summed E-state index contributed by atoms with van der Waals surface area (Å²) in [5.74, 6) is -2.17. The summed E-state index contributed by atoms with van der Waals surface area (Å²) >= 11 is 0. The lowest BCUT2D eigenvalue weighted by molar-refractivity contribution is -0.116. The van der Waals surface area contributed by atoms with E-state index in [1.165, 1.54) is 10.9 Å². The average molecular weight is 263 g/mol. The first-order chi connectivity index (χ1) is 9.08. The fraction of sp³-hybridized carbons (Fsp3) is 0.0909. The fourth-order valence-electron chi connectivity index (χ4n) is 1.44. The molecule has 19 heavy (non-hydrogen) atoms. The van der Waals surface area contributed by atoms with Gasteiger partial charge in [-0.2, -0.15) is 5.26 Å². The minimum absolute atomic E-state index is 0.00548. The van der Waals surface area contributed by atoms with Gasteiger partial charge in [0.15, 0.2) is 0 Å². The maximum absolute atomic E-state index is 12.9. The monoisotopic (exact) mass is 263 g/mol. The van der Waals surface area contributed by atoms with Crippen LogP contribution >= 0.6 is 0 Å². The van der Waals surface area contributed by atoms with Gasteiger partial charge in [-0.1, -0.05) is 0 Å². The van der Waals surface area contributed by atoms with Crippen molar-refractivity contribution in [2.45, 2.75) is 6.54 Å². The number of carbonyl (C=O) groups excluding carboxylic acids is 1. The molecule has 0 atom stereocenters. The molecule has 96 valence electrons. The Labute approximate surface area is 106 Å².